The molecule has 0 spiro atoms. The lowest BCUT2D eigenvalue weighted by Gasteiger charge is -2.12. The van der Waals surface area contributed by atoms with Crippen LogP contribution in [0.2, 0.25) is 0 Å². The summed E-state index contributed by atoms with van der Waals surface area (Å²) in [4.78, 5) is 22.4. The second-order valence-corrected chi connectivity index (χ2v) is 8.99. The molecule has 4 aromatic carbocycles. The summed E-state index contributed by atoms with van der Waals surface area (Å²) in [7, 11) is 0. The van der Waals surface area contributed by atoms with E-state index in [1.165, 1.54) is 0 Å². The number of anilines is 3. The van der Waals surface area contributed by atoms with Crippen LogP contribution in [-0.2, 0) is 6.54 Å². The van der Waals surface area contributed by atoms with Gasteiger partial charge >= 0.3 is 0 Å². The summed E-state index contributed by atoms with van der Waals surface area (Å²) in [5, 5.41) is 19.4. The Labute approximate surface area is 221 Å². The molecule has 0 fully saturated rings. The lowest BCUT2D eigenvalue weighted by molar-refractivity contribution is 0.102. The van der Waals surface area contributed by atoms with Gasteiger partial charge < -0.3 is 21.1 Å². The first-order valence-corrected chi connectivity index (χ1v) is 12.5. The van der Waals surface area contributed by atoms with Gasteiger partial charge in [0, 0.05) is 41.0 Å². The summed E-state index contributed by atoms with van der Waals surface area (Å²) in [5.41, 5.74) is 6.83. The highest BCUT2D eigenvalue weighted by Gasteiger charge is 2.12. The molecule has 4 N–H and O–H groups in total. The van der Waals surface area contributed by atoms with E-state index in [2.05, 4.69) is 16.0 Å². The summed E-state index contributed by atoms with van der Waals surface area (Å²) in [6, 6.07) is 31.2. The van der Waals surface area contributed by atoms with E-state index in [1.807, 2.05) is 91.9 Å². The smallest absolute Gasteiger partial charge is 0.255 e. The molecule has 0 aliphatic rings. The molecule has 1 aromatic heterocycles. The number of hydrogen-bond acceptors (Lipinski definition) is 6. The molecule has 190 valence electrons. The minimum Gasteiger partial charge on any atom is -0.395 e. The molecule has 0 bridgehead atoms. The predicted octanol–water partition coefficient (Wildman–Crippen LogP) is 5.68. The fraction of sp³-hybridized carbons (Fsp3) is 0.129. The number of aryl methyl sites for hydroxylation is 1. The molecule has 0 radical (unpaired) electrons. The van der Waals surface area contributed by atoms with Gasteiger partial charge in [-0.15, -0.1) is 0 Å². The number of nitrogens with one attached hydrogen (secondary N) is 3. The molecular weight excluding hydrogens is 474 g/mol. The largest absolute Gasteiger partial charge is 0.395 e. The number of benzene rings is 4. The number of carbonyl (C=O) groups is 1. The van der Waals surface area contributed by atoms with Crippen molar-refractivity contribution in [2.45, 2.75) is 13.5 Å². The van der Waals surface area contributed by atoms with Crippen molar-refractivity contribution < 1.29 is 9.90 Å². The van der Waals surface area contributed by atoms with Gasteiger partial charge in [-0.3, -0.25) is 4.79 Å². The van der Waals surface area contributed by atoms with Crippen LogP contribution in [0.15, 0.2) is 97.1 Å². The van der Waals surface area contributed by atoms with Gasteiger partial charge in [0.15, 0.2) is 0 Å². The molecule has 0 aliphatic heterocycles. The Morgan fingerprint density at radius 3 is 2.42 bits per heavy atom. The number of rotatable bonds is 9. The van der Waals surface area contributed by atoms with E-state index in [0.29, 0.717) is 24.6 Å². The summed E-state index contributed by atoms with van der Waals surface area (Å²) in [6.07, 6.45) is 0. The highest BCUT2D eigenvalue weighted by Crippen LogP contribution is 2.28. The zero-order valence-corrected chi connectivity index (χ0v) is 21.1. The Hall–Kier alpha value is -4.59. The van der Waals surface area contributed by atoms with Crippen molar-refractivity contribution in [3.8, 4) is 11.3 Å². The first-order valence-electron chi connectivity index (χ1n) is 12.5. The Kier molecular flexibility index (Phi) is 7.68. The molecule has 5 rings (SSSR count). The number of aliphatic hydroxyl groups excluding tert-OH is 1. The maximum atomic E-state index is 13.0. The first kappa shape index (κ1) is 25.1. The lowest BCUT2D eigenvalue weighted by atomic mass is 10.1. The second-order valence-electron chi connectivity index (χ2n) is 8.99. The number of para-hydroxylation sites is 1. The van der Waals surface area contributed by atoms with Crippen molar-refractivity contribution >= 4 is 34.1 Å². The fourth-order valence-corrected chi connectivity index (χ4v) is 4.20. The lowest BCUT2D eigenvalue weighted by Crippen LogP contribution is -2.18. The van der Waals surface area contributed by atoms with Crippen LogP contribution in [0.3, 0.4) is 0 Å². The molecule has 0 saturated carbocycles. The summed E-state index contributed by atoms with van der Waals surface area (Å²) in [6.45, 7) is 3.18. The molecule has 0 saturated heterocycles. The maximum Gasteiger partial charge on any atom is 0.255 e. The number of nitrogens with zero attached hydrogens (tertiary/aromatic N) is 2. The van der Waals surface area contributed by atoms with Gasteiger partial charge in [0.2, 0.25) is 5.95 Å². The topological polar surface area (TPSA) is 99.2 Å². The van der Waals surface area contributed by atoms with Gasteiger partial charge in [0.25, 0.3) is 5.91 Å². The van der Waals surface area contributed by atoms with Gasteiger partial charge in [0.05, 0.1) is 17.8 Å². The van der Waals surface area contributed by atoms with Crippen molar-refractivity contribution in [3.05, 3.63) is 114 Å². The molecule has 0 unspecified atom stereocenters. The van der Waals surface area contributed by atoms with Gasteiger partial charge in [-0.05, 0) is 54.4 Å². The van der Waals surface area contributed by atoms with Crippen molar-refractivity contribution in [1.29, 1.82) is 0 Å². The van der Waals surface area contributed by atoms with Gasteiger partial charge in [-0.1, -0.05) is 60.7 Å². The monoisotopic (exact) mass is 503 g/mol. The Morgan fingerprint density at radius 1 is 0.868 bits per heavy atom. The number of carbonyl (C=O) groups excluding carboxylic acids is 1. The van der Waals surface area contributed by atoms with Crippen LogP contribution in [0.5, 0.6) is 0 Å². The number of hydrogen-bond donors (Lipinski definition) is 4. The number of amides is 1. The number of fused-ring (bicyclic) bond motifs is 1. The minimum absolute atomic E-state index is 0.0848. The van der Waals surface area contributed by atoms with Crippen molar-refractivity contribution in [3.63, 3.8) is 0 Å². The second kappa shape index (κ2) is 11.6. The summed E-state index contributed by atoms with van der Waals surface area (Å²) < 4.78 is 0. The van der Waals surface area contributed by atoms with Gasteiger partial charge in [-0.2, -0.15) is 0 Å². The van der Waals surface area contributed by atoms with Crippen LogP contribution in [-0.4, -0.2) is 34.1 Å². The van der Waals surface area contributed by atoms with E-state index in [9.17, 15) is 4.79 Å². The van der Waals surface area contributed by atoms with Crippen LogP contribution in [0.1, 0.15) is 21.5 Å². The zero-order chi connectivity index (χ0) is 26.3. The Morgan fingerprint density at radius 2 is 1.63 bits per heavy atom. The Balaban J connectivity index is 1.32. The molecule has 38 heavy (non-hydrogen) atoms. The fourth-order valence-electron chi connectivity index (χ4n) is 4.20. The normalized spacial score (nSPS) is 10.9. The third-order valence-corrected chi connectivity index (χ3v) is 6.22. The van der Waals surface area contributed by atoms with Crippen LogP contribution < -0.4 is 16.0 Å². The van der Waals surface area contributed by atoms with Crippen LogP contribution in [0.25, 0.3) is 22.2 Å². The number of aromatic nitrogens is 2. The number of aliphatic hydroxyl groups is 1. The van der Waals surface area contributed by atoms with Crippen molar-refractivity contribution in [2.24, 2.45) is 0 Å². The molecule has 7 nitrogen and oxygen atoms in total. The van der Waals surface area contributed by atoms with Crippen molar-refractivity contribution in [1.82, 2.24) is 15.3 Å². The van der Waals surface area contributed by atoms with Gasteiger partial charge in [0.1, 0.15) is 0 Å². The molecule has 1 amide bonds. The quantitative estimate of drug-likeness (QED) is 0.193. The highest BCUT2D eigenvalue weighted by molar-refractivity contribution is 6.05. The molecule has 7 heteroatoms. The summed E-state index contributed by atoms with van der Waals surface area (Å²) in [5.74, 6) is 0.301. The van der Waals surface area contributed by atoms with E-state index < -0.39 is 0 Å². The Bertz CT molecular complexity index is 1550. The van der Waals surface area contributed by atoms with Gasteiger partial charge in [-0.25, -0.2) is 9.97 Å². The van der Waals surface area contributed by atoms with Crippen molar-refractivity contribution in [2.75, 3.05) is 23.8 Å². The van der Waals surface area contributed by atoms with Crippen LogP contribution >= 0.6 is 0 Å². The van der Waals surface area contributed by atoms with E-state index in [4.69, 9.17) is 15.1 Å². The van der Waals surface area contributed by atoms with E-state index in [1.54, 1.807) is 12.1 Å². The molecular formula is C31H29N5O2. The molecule has 0 aliphatic carbocycles. The van der Waals surface area contributed by atoms with Crippen LogP contribution in [0, 0.1) is 6.92 Å². The molecule has 0 atom stereocenters. The van der Waals surface area contributed by atoms with E-state index in [0.717, 1.165) is 44.7 Å². The van der Waals surface area contributed by atoms with Crippen LogP contribution in [0.4, 0.5) is 17.3 Å². The molecule has 5 aromatic rings. The first-order chi connectivity index (χ1) is 18.6. The summed E-state index contributed by atoms with van der Waals surface area (Å²) >= 11 is 0. The average molecular weight is 504 g/mol. The maximum absolute atomic E-state index is 13.0. The van der Waals surface area contributed by atoms with E-state index >= 15 is 0 Å². The molecule has 1 heterocycles. The van der Waals surface area contributed by atoms with E-state index in [-0.39, 0.29) is 12.5 Å². The third kappa shape index (κ3) is 5.86. The average Bonchev–Trinajstić information content (AvgIpc) is 2.95. The SMILES string of the molecule is Cc1ccc(CNCCO)cc1NC(=O)c1ccc(Nc2nc(-c3ccccc3)c3ccccc3n2)cc1. The highest BCUT2D eigenvalue weighted by atomic mass is 16.3. The minimum atomic E-state index is -0.187. The zero-order valence-electron chi connectivity index (χ0n) is 21.1. The predicted molar refractivity (Wildman–Crippen MR) is 153 cm³/mol. The standard InChI is InChI=1S/C31H29N5O2/c1-21-11-12-22(20-32-17-18-37)19-28(21)34-30(38)24-13-15-25(16-14-24)33-31-35-27-10-6-5-9-26(27)29(36-31)23-7-3-2-4-8-23/h2-16,19,32,37H,17-18,20H2,1H3,(H,34,38)(H,33,35,36). The third-order valence-electron chi connectivity index (χ3n) is 6.22.